The Kier molecular flexibility index (Phi) is 3.60. The fourth-order valence-electron chi connectivity index (χ4n) is 1.88. The highest BCUT2D eigenvalue weighted by Gasteiger charge is 2.06. The van der Waals surface area contributed by atoms with Gasteiger partial charge in [0.2, 0.25) is 0 Å². The molecule has 86 valence electrons. The average Bonchev–Trinajstić information content (AvgIpc) is 2.33. The maximum atomic E-state index is 5.92. The van der Waals surface area contributed by atoms with E-state index >= 15 is 0 Å². The van der Waals surface area contributed by atoms with Gasteiger partial charge in [0.1, 0.15) is 0 Å². The van der Waals surface area contributed by atoms with Crippen molar-refractivity contribution in [2.45, 2.75) is 13.8 Å². The van der Waals surface area contributed by atoms with Gasteiger partial charge >= 0.3 is 0 Å². The third-order valence-corrected chi connectivity index (χ3v) is 2.85. The molecule has 0 saturated carbocycles. The van der Waals surface area contributed by atoms with Crippen LogP contribution in [0, 0.1) is 0 Å². The van der Waals surface area contributed by atoms with Crippen molar-refractivity contribution < 1.29 is 0 Å². The zero-order valence-electron chi connectivity index (χ0n) is 9.94. The molecule has 2 heteroatoms. The lowest BCUT2D eigenvalue weighted by atomic mass is 9.95. The van der Waals surface area contributed by atoms with E-state index in [0.717, 1.165) is 5.02 Å². The van der Waals surface area contributed by atoms with E-state index in [2.05, 4.69) is 18.8 Å². The van der Waals surface area contributed by atoms with E-state index < -0.39 is 0 Å². The second kappa shape index (κ2) is 5.15. The van der Waals surface area contributed by atoms with Gasteiger partial charge in [0.15, 0.2) is 0 Å². The summed E-state index contributed by atoms with van der Waals surface area (Å²) in [5.74, 6) is 0. The highest BCUT2D eigenvalue weighted by atomic mass is 35.5. The zero-order valence-corrected chi connectivity index (χ0v) is 10.7. The summed E-state index contributed by atoms with van der Waals surface area (Å²) in [5, 5.41) is 0.761. The maximum absolute atomic E-state index is 5.92. The molecule has 0 aliphatic heterocycles. The highest BCUT2D eigenvalue weighted by Crippen LogP contribution is 2.27. The summed E-state index contributed by atoms with van der Waals surface area (Å²) >= 11 is 5.92. The van der Waals surface area contributed by atoms with Gasteiger partial charge in [0.05, 0.1) is 0 Å². The number of allylic oxidation sites excluding steroid dienone is 1. The molecule has 0 bridgehead atoms. The summed E-state index contributed by atoms with van der Waals surface area (Å²) < 4.78 is 0. The highest BCUT2D eigenvalue weighted by molar-refractivity contribution is 6.30. The van der Waals surface area contributed by atoms with Gasteiger partial charge in [-0.15, -0.1) is 0 Å². The van der Waals surface area contributed by atoms with E-state index in [-0.39, 0.29) is 0 Å². The number of rotatable bonds is 2. The van der Waals surface area contributed by atoms with Crippen LogP contribution in [0.1, 0.15) is 25.0 Å². The number of nitrogens with zero attached hydrogens (tertiary/aromatic N) is 1. The van der Waals surface area contributed by atoms with Crippen molar-refractivity contribution in [2.24, 2.45) is 0 Å². The van der Waals surface area contributed by atoms with Gasteiger partial charge in [0, 0.05) is 17.4 Å². The Balaban J connectivity index is 2.52. The maximum Gasteiger partial charge on any atom is 0.0406 e. The minimum absolute atomic E-state index is 0.761. The first-order chi connectivity index (χ1) is 8.18. The number of halogens is 1. The van der Waals surface area contributed by atoms with E-state index in [9.17, 15) is 0 Å². The Morgan fingerprint density at radius 3 is 1.94 bits per heavy atom. The molecule has 0 unspecified atom stereocenters. The standard InChI is InChI=1S/C15H14ClN/c1-11(2)15(13-7-9-17-10-8-13)12-3-5-14(16)6-4-12/h3-10H,1-2H3. The van der Waals surface area contributed by atoms with E-state index in [0.29, 0.717) is 0 Å². The first-order valence-electron chi connectivity index (χ1n) is 5.52. The Morgan fingerprint density at radius 2 is 1.41 bits per heavy atom. The second-order valence-electron chi connectivity index (χ2n) is 4.12. The van der Waals surface area contributed by atoms with Crippen LogP contribution in [-0.2, 0) is 0 Å². The Labute approximate surface area is 107 Å². The molecule has 0 spiro atoms. The zero-order chi connectivity index (χ0) is 12.3. The first kappa shape index (κ1) is 11.9. The molecule has 0 saturated heterocycles. The summed E-state index contributed by atoms with van der Waals surface area (Å²) in [6.45, 7) is 4.23. The quantitative estimate of drug-likeness (QED) is 0.753. The monoisotopic (exact) mass is 243 g/mol. The van der Waals surface area contributed by atoms with E-state index in [1.807, 2.05) is 48.8 Å². The molecule has 1 nitrogen and oxygen atoms in total. The molecule has 0 aliphatic carbocycles. The number of hydrogen-bond donors (Lipinski definition) is 0. The molecule has 17 heavy (non-hydrogen) atoms. The Morgan fingerprint density at radius 1 is 0.882 bits per heavy atom. The summed E-state index contributed by atoms with van der Waals surface area (Å²) in [6, 6.07) is 12.0. The molecule has 1 heterocycles. The predicted octanol–water partition coefficient (Wildman–Crippen LogP) is 4.58. The van der Waals surface area contributed by atoms with Crippen LogP contribution in [0.15, 0.2) is 54.4 Å². The molecule has 1 aromatic heterocycles. The lowest BCUT2D eigenvalue weighted by molar-refractivity contribution is 1.30. The number of hydrogen-bond acceptors (Lipinski definition) is 1. The normalized spacial score (nSPS) is 10.1. The van der Waals surface area contributed by atoms with Gasteiger partial charge < -0.3 is 0 Å². The van der Waals surface area contributed by atoms with Gasteiger partial charge in [0.25, 0.3) is 0 Å². The van der Waals surface area contributed by atoms with E-state index in [1.54, 1.807) is 0 Å². The van der Waals surface area contributed by atoms with Crippen LogP contribution >= 0.6 is 11.6 Å². The summed E-state index contributed by atoms with van der Waals surface area (Å²) in [5.41, 5.74) is 4.88. The average molecular weight is 244 g/mol. The van der Waals surface area contributed by atoms with Crippen molar-refractivity contribution in [3.8, 4) is 0 Å². The van der Waals surface area contributed by atoms with Crippen LogP contribution in [0.4, 0.5) is 0 Å². The summed E-state index contributed by atoms with van der Waals surface area (Å²) in [4.78, 5) is 4.05. The number of pyridine rings is 1. The van der Waals surface area contributed by atoms with Gasteiger partial charge in [-0.2, -0.15) is 0 Å². The topological polar surface area (TPSA) is 12.9 Å². The second-order valence-corrected chi connectivity index (χ2v) is 4.55. The van der Waals surface area contributed by atoms with Crippen LogP contribution in [0.5, 0.6) is 0 Å². The van der Waals surface area contributed by atoms with Crippen molar-refractivity contribution in [1.82, 2.24) is 4.98 Å². The molecule has 0 amide bonds. The Hall–Kier alpha value is -1.60. The molecule has 0 fully saturated rings. The van der Waals surface area contributed by atoms with Crippen molar-refractivity contribution in [3.05, 3.63) is 70.5 Å². The lowest BCUT2D eigenvalue weighted by Gasteiger charge is -2.10. The molecule has 0 aliphatic rings. The van der Waals surface area contributed by atoms with Gasteiger partial charge in [-0.1, -0.05) is 29.3 Å². The smallest absolute Gasteiger partial charge is 0.0406 e. The van der Waals surface area contributed by atoms with E-state index in [1.165, 1.54) is 22.3 Å². The first-order valence-corrected chi connectivity index (χ1v) is 5.90. The Bertz CT molecular complexity index is 523. The van der Waals surface area contributed by atoms with Crippen LogP contribution in [0.3, 0.4) is 0 Å². The molecule has 2 rings (SSSR count). The lowest BCUT2D eigenvalue weighted by Crippen LogP contribution is -1.90. The number of benzene rings is 1. The fourth-order valence-corrected chi connectivity index (χ4v) is 2.01. The van der Waals surface area contributed by atoms with Crippen molar-refractivity contribution >= 4 is 17.2 Å². The third kappa shape index (κ3) is 2.75. The van der Waals surface area contributed by atoms with Crippen LogP contribution in [0.2, 0.25) is 5.02 Å². The number of aromatic nitrogens is 1. The van der Waals surface area contributed by atoms with Gasteiger partial charge in [-0.05, 0) is 54.8 Å². The van der Waals surface area contributed by atoms with Crippen molar-refractivity contribution in [2.75, 3.05) is 0 Å². The van der Waals surface area contributed by atoms with Crippen LogP contribution in [-0.4, -0.2) is 4.98 Å². The molecule has 0 N–H and O–H groups in total. The SMILES string of the molecule is CC(C)=C(c1ccncc1)c1ccc(Cl)cc1. The molecular formula is C15H14ClN. The van der Waals surface area contributed by atoms with Crippen LogP contribution in [0.25, 0.3) is 5.57 Å². The van der Waals surface area contributed by atoms with Crippen molar-refractivity contribution in [1.29, 1.82) is 0 Å². The predicted molar refractivity (Wildman–Crippen MR) is 73.1 cm³/mol. The van der Waals surface area contributed by atoms with Crippen molar-refractivity contribution in [3.63, 3.8) is 0 Å². The fraction of sp³-hybridized carbons (Fsp3) is 0.133. The van der Waals surface area contributed by atoms with E-state index in [4.69, 9.17) is 11.6 Å². The molecule has 1 aromatic carbocycles. The largest absolute Gasteiger partial charge is 0.265 e. The van der Waals surface area contributed by atoms with Gasteiger partial charge in [-0.25, -0.2) is 0 Å². The summed E-state index contributed by atoms with van der Waals surface area (Å²) in [6.07, 6.45) is 3.63. The minimum atomic E-state index is 0.761. The molecular weight excluding hydrogens is 230 g/mol. The molecule has 0 atom stereocenters. The van der Waals surface area contributed by atoms with Gasteiger partial charge in [-0.3, -0.25) is 4.98 Å². The molecule has 2 aromatic rings. The summed E-state index contributed by atoms with van der Waals surface area (Å²) in [7, 11) is 0. The third-order valence-electron chi connectivity index (χ3n) is 2.60. The van der Waals surface area contributed by atoms with Crippen LogP contribution < -0.4 is 0 Å². The minimum Gasteiger partial charge on any atom is -0.265 e. The molecule has 0 radical (unpaired) electrons.